The zero-order valence-corrected chi connectivity index (χ0v) is 12.7. The summed E-state index contributed by atoms with van der Waals surface area (Å²) in [6.07, 6.45) is 3.85. The van der Waals surface area contributed by atoms with Crippen molar-refractivity contribution in [3.63, 3.8) is 0 Å². The summed E-state index contributed by atoms with van der Waals surface area (Å²) in [6, 6.07) is 6.35. The molecule has 1 saturated carbocycles. The highest BCUT2D eigenvalue weighted by Crippen LogP contribution is 2.38. The summed E-state index contributed by atoms with van der Waals surface area (Å²) in [5.41, 5.74) is 3.99. The molecule has 102 valence electrons. The van der Waals surface area contributed by atoms with Crippen LogP contribution in [0.1, 0.15) is 24.8 Å². The Labute approximate surface area is 119 Å². The van der Waals surface area contributed by atoms with Crippen molar-refractivity contribution in [3.05, 3.63) is 28.5 Å². The fourth-order valence-corrected chi connectivity index (χ4v) is 3.44. The Morgan fingerprint density at radius 1 is 1.37 bits per heavy atom. The molecule has 4 heteroatoms. The highest BCUT2D eigenvalue weighted by molar-refractivity contribution is 7.71. The molecule has 0 unspecified atom stereocenters. The van der Waals surface area contributed by atoms with Gasteiger partial charge in [-0.1, -0.05) is 12.1 Å². The Morgan fingerprint density at radius 3 is 2.68 bits per heavy atom. The average molecular weight is 275 g/mol. The van der Waals surface area contributed by atoms with Crippen LogP contribution in [0, 0.1) is 11.7 Å². The standard InChI is InChI=1S/C15H21N3S/c1-11-6-4-7-12-13(11)18(14(19)16-12)10-15(17(2)3)8-5-9-15/h4,6-7H,5,8-10H2,1-3H3,(H,16,19). The first-order valence-electron chi connectivity index (χ1n) is 6.89. The van der Waals surface area contributed by atoms with Gasteiger partial charge in [-0.2, -0.15) is 0 Å². The number of nitrogens with zero attached hydrogens (tertiary/aromatic N) is 2. The Morgan fingerprint density at radius 2 is 2.11 bits per heavy atom. The minimum absolute atomic E-state index is 0.287. The van der Waals surface area contributed by atoms with E-state index in [2.05, 4.69) is 53.7 Å². The van der Waals surface area contributed by atoms with Crippen LogP contribution >= 0.6 is 12.2 Å². The van der Waals surface area contributed by atoms with Crippen LogP contribution in [-0.2, 0) is 6.54 Å². The second-order valence-corrected chi connectivity index (χ2v) is 6.35. The van der Waals surface area contributed by atoms with E-state index >= 15 is 0 Å². The first-order chi connectivity index (χ1) is 9.03. The van der Waals surface area contributed by atoms with E-state index in [1.165, 1.54) is 30.3 Å². The van der Waals surface area contributed by atoms with Crippen molar-refractivity contribution in [2.75, 3.05) is 14.1 Å². The van der Waals surface area contributed by atoms with Crippen molar-refractivity contribution in [1.82, 2.24) is 14.5 Å². The van der Waals surface area contributed by atoms with Gasteiger partial charge in [0.15, 0.2) is 4.77 Å². The molecule has 1 aromatic heterocycles. The van der Waals surface area contributed by atoms with Crippen molar-refractivity contribution >= 4 is 23.3 Å². The fourth-order valence-electron chi connectivity index (χ4n) is 3.18. The van der Waals surface area contributed by atoms with Crippen molar-refractivity contribution in [2.24, 2.45) is 0 Å². The minimum Gasteiger partial charge on any atom is -0.331 e. The van der Waals surface area contributed by atoms with Crippen LogP contribution in [0.5, 0.6) is 0 Å². The predicted molar refractivity (Wildman–Crippen MR) is 82.1 cm³/mol. The summed E-state index contributed by atoms with van der Waals surface area (Å²) in [6.45, 7) is 3.15. The monoisotopic (exact) mass is 275 g/mol. The van der Waals surface area contributed by atoms with Crippen molar-refractivity contribution in [2.45, 2.75) is 38.3 Å². The molecule has 1 aliphatic rings. The fraction of sp³-hybridized carbons (Fsp3) is 0.533. The molecule has 3 nitrogen and oxygen atoms in total. The third kappa shape index (κ3) is 1.94. The molecule has 0 aliphatic heterocycles. The topological polar surface area (TPSA) is 24.0 Å². The van der Waals surface area contributed by atoms with Gasteiger partial charge in [-0.25, -0.2) is 0 Å². The van der Waals surface area contributed by atoms with Crippen LogP contribution in [0.3, 0.4) is 0 Å². The molecule has 2 aromatic rings. The molecule has 0 bridgehead atoms. The summed E-state index contributed by atoms with van der Waals surface area (Å²) in [4.78, 5) is 5.71. The van der Waals surface area contributed by atoms with Crippen LogP contribution in [-0.4, -0.2) is 34.1 Å². The Kier molecular flexibility index (Phi) is 3.02. The van der Waals surface area contributed by atoms with E-state index < -0.39 is 0 Å². The lowest BCUT2D eigenvalue weighted by molar-refractivity contribution is 0.0431. The molecular formula is C15H21N3S. The Balaban J connectivity index is 2.10. The number of likely N-dealkylation sites (N-methyl/N-ethyl adjacent to an activating group) is 1. The second-order valence-electron chi connectivity index (χ2n) is 5.96. The zero-order valence-electron chi connectivity index (χ0n) is 11.9. The predicted octanol–water partition coefficient (Wildman–Crippen LogP) is 3.49. The van der Waals surface area contributed by atoms with Crippen LogP contribution in [0.4, 0.5) is 0 Å². The van der Waals surface area contributed by atoms with Crippen molar-refractivity contribution < 1.29 is 0 Å². The van der Waals surface area contributed by atoms with Crippen molar-refractivity contribution in [1.29, 1.82) is 0 Å². The summed E-state index contributed by atoms with van der Waals surface area (Å²) in [5, 5.41) is 0. The molecule has 1 heterocycles. The van der Waals surface area contributed by atoms with E-state index in [-0.39, 0.29) is 5.54 Å². The molecule has 0 amide bonds. The SMILES string of the molecule is Cc1cccc2[nH]c(=S)n(CC3(N(C)C)CCC3)c12. The Hall–Kier alpha value is -1.13. The lowest BCUT2D eigenvalue weighted by Crippen LogP contribution is -2.53. The number of rotatable bonds is 3. The molecule has 0 spiro atoms. The molecule has 1 N–H and O–H groups in total. The van der Waals surface area contributed by atoms with E-state index in [4.69, 9.17) is 12.2 Å². The van der Waals surface area contributed by atoms with E-state index in [0.29, 0.717) is 0 Å². The average Bonchev–Trinajstić information content (AvgIpc) is 2.60. The number of fused-ring (bicyclic) bond motifs is 1. The number of aromatic amines is 1. The first kappa shape index (κ1) is 12.9. The number of nitrogens with one attached hydrogen (secondary N) is 1. The third-order valence-corrected chi connectivity index (χ3v) is 5.00. The lowest BCUT2D eigenvalue weighted by Gasteiger charge is -2.47. The molecule has 19 heavy (non-hydrogen) atoms. The zero-order chi connectivity index (χ0) is 13.6. The number of hydrogen-bond donors (Lipinski definition) is 1. The van der Waals surface area contributed by atoms with E-state index in [0.717, 1.165) is 16.8 Å². The summed E-state index contributed by atoms with van der Waals surface area (Å²) in [5.74, 6) is 0. The molecule has 1 aliphatic carbocycles. The number of para-hydroxylation sites is 1. The van der Waals surface area contributed by atoms with Gasteiger partial charge in [-0.15, -0.1) is 0 Å². The molecule has 3 rings (SSSR count). The van der Waals surface area contributed by atoms with Crippen LogP contribution in [0.15, 0.2) is 18.2 Å². The summed E-state index contributed by atoms with van der Waals surface area (Å²) in [7, 11) is 4.37. The molecule has 0 saturated heterocycles. The third-order valence-electron chi connectivity index (χ3n) is 4.68. The largest absolute Gasteiger partial charge is 0.331 e. The molecular weight excluding hydrogens is 254 g/mol. The number of aromatic nitrogens is 2. The van der Waals surface area contributed by atoms with Gasteiger partial charge >= 0.3 is 0 Å². The Bertz CT molecular complexity index is 662. The smallest absolute Gasteiger partial charge is 0.178 e. The van der Waals surface area contributed by atoms with Gasteiger partial charge in [0.1, 0.15) is 0 Å². The van der Waals surface area contributed by atoms with Gasteiger partial charge in [-0.05, 0) is 64.1 Å². The van der Waals surface area contributed by atoms with E-state index in [1.807, 2.05) is 0 Å². The van der Waals surface area contributed by atoms with Crippen LogP contribution < -0.4 is 0 Å². The van der Waals surface area contributed by atoms with Gasteiger partial charge < -0.3 is 14.5 Å². The maximum Gasteiger partial charge on any atom is 0.178 e. The number of hydrogen-bond acceptors (Lipinski definition) is 2. The van der Waals surface area contributed by atoms with E-state index in [9.17, 15) is 0 Å². The number of H-pyrrole nitrogens is 1. The highest BCUT2D eigenvalue weighted by Gasteiger charge is 2.39. The van der Waals surface area contributed by atoms with Crippen LogP contribution in [0.2, 0.25) is 0 Å². The van der Waals surface area contributed by atoms with E-state index in [1.54, 1.807) is 0 Å². The quantitative estimate of drug-likeness (QED) is 0.867. The maximum atomic E-state index is 5.53. The normalized spacial score (nSPS) is 17.9. The number of aryl methyl sites for hydroxylation is 1. The van der Waals surface area contributed by atoms with Gasteiger partial charge in [0.25, 0.3) is 0 Å². The van der Waals surface area contributed by atoms with Gasteiger partial charge in [0, 0.05) is 12.1 Å². The second kappa shape index (κ2) is 4.46. The number of imidazole rings is 1. The minimum atomic E-state index is 0.287. The van der Waals surface area contributed by atoms with Crippen LogP contribution in [0.25, 0.3) is 11.0 Å². The summed E-state index contributed by atoms with van der Waals surface area (Å²) >= 11 is 5.53. The first-order valence-corrected chi connectivity index (χ1v) is 7.30. The molecule has 1 fully saturated rings. The maximum absolute atomic E-state index is 5.53. The van der Waals surface area contributed by atoms with Gasteiger partial charge in [0.05, 0.1) is 11.0 Å². The lowest BCUT2D eigenvalue weighted by atomic mass is 9.75. The van der Waals surface area contributed by atoms with Gasteiger partial charge in [-0.3, -0.25) is 0 Å². The molecule has 1 aromatic carbocycles. The number of benzene rings is 1. The van der Waals surface area contributed by atoms with Crippen molar-refractivity contribution in [3.8, 4) is 0 Å². The highest BCUT2D eigenvalue weighted by atomic mass is 32.1. The molecule has 0 radical (unpaired) electrons. The summed E-state index contributed by atoms with van der Waals surface area (Å²) < 4.78 is 3.14. The van der Waals surface area contributed by atoms with Gasteiger partial charge in [0.2, 0.25) is 0 Å². The molecule has 0 atom stereocenters.